The Hall–Kier alpha value is -1.36. The van der Waals surface area contributed by atoms with E-state index in [1.165, 1.54) is 0 Å². The molecule has 4 nitrogen and oxygen atoms in total. The number of benzene rings is 1. The molecule has 0 aliphatic rings. The Bertz CT molecular complexity index is 582. The first-order valence-electron chi connectivity index (χ1n) is 6.57. The molecule has 1 aromatic heterocycles. The highest BCUT2D eigenvalue weighted by Gasteiger charge is 2.26. The topological polar surface area (TPSA) is 50.1 Å². The van der Waals surface area contributed by atoms with Crippen LogP contribution >= 0.6 is 11.6 Å². The number of aliphatic hydroxyl groups is 1. The second kappa shape index (κ2) is 5.95. The minimum absolute atomic E-state index is 0.00788. The first-order valence-corrected chi connectivity index (χ1v) is 6.95. The van der Waals surface area contributed by atoms with Gasteiger partial charge in [0, 0.05) is 19.2 Å². The maximum absolute atomic E-state index is 9.74. The summed E-state index contributed by atoms with van der Waals surface area (Å²) in [5.74, 6) is 0. The van der Waals surface area contributed by atoms with E-state index in [0.717, 1.165) is 16.8 Å². The molecule has 0 amide bonds. The van der Waals surface area contributed by atoms with Crippen LogP contribution in [0.1, 0.15) is 23.7 Å². The Kier molecular flexibility index (Phi) is 4.48. The van der Waals surface area contributed by atoms with Crippen LogP contribution in [-0.2, 0) is 19.1 Å². The van der Waals surface area contributed by atoms with E-state index in [0.29, 0.717) is 11.7 Å². The average molecular weight is 294 g/mol. The lowest BCUT2D eigenvalue weighted by molar-refractivity contribution is 0.173. The minimum atomic E-state index is -0.507. The quantitative estimate of drug-likeness (QED) is 0.890. The number of rotatable bonds is 5. The van der Waals surface area contributed by atoms with Gasteiger partial charge < -0.3 is 10.4 Å². The fourth-order valence-corrected chi connectivity index (χ4v) is 2.45. The van der Waals surface area contributed by atoms with Crippen LogP contribution in [0.5, 0.6) is 0 Å². The molecule has 0 saturated carbocycles. The molecule has 20 heavy (non-hydrogen) atoms. The summed E-state index contributed by atoms with van der Waals surface area (Å²) in [6.07, 6.45) is 0. The van der Waals surface area contributed by atoms with Crippen LogP contribution in [0.3, 0.4) is 0 Å². The van der Waals surface area contributed by atoms with Gasteiger partial charge >= 0.3 is 0 Å². The summed E-state index contributed by atoms with van der Waals surface area (Å²) in [6.45, 7) is 4.47. The van der Waals surface area contributed by atoms with Crippen molar-refractivity contribution in [2.75, 3.05) is 6.61 Å². The van der Waals surface area contributed by atoms with E-state index in [2.05, 4.69) is 10.4 Å². The third kappa shape index (κ3) is 2.87. The zero-order valence-corrected chi connectivity index (χ0v) is 12.8. The summed E-state index contributed by atoms with van der Waals surface area (Å²) in [7, 11) is 1.82. The molecule has 5 heteroatoms. The van der Waals surface area contributed by atoms with Crippen molar-refractivity contribution >= 4 is 11.6 Å². The lowest BCUT2D eigenvalue weighted by atomic mass is 9.92. The Morgan fingerprint density at radius 2 is 2.00 bits per heavy atom. The highest BCUT2D eigenvalue weighted by Crippen LogP contribution is 2.23. The molecule has 0 aliphatic heterocycles. The summed E-state index contributed by atoms with van der Waals surface area (Å²) < 4.78 is 1.66. The molecule has 1 aromatic carbocycles. The highest BCUT2D eigenvalue weighted by atomic mass is 35.5. The van der Waals surface area contributed by atoms with Gasteiger partial charge in [-0.1, -0.05) is 41.9 Å². The van der Waals surface area contributed by atoms with Crippen LogP contribution in [0.4, 0.5) is 0 Å². The van der Waals surface area contributed by atoms with Crippen molar-refractivity contribution in [3.8, 4) is 0 Å². The SMILES string of the molecule is Cc1nn(C)c(Cl)c1CNC(C)(CO)c1ccccc1. The molecule has 1 heterocycles. The van der Waals surface area contributed by atoms with Crippen molar-refractivity contribution in [1.29, 1.82) is 0 Å². The number of aliphatic hydroxyl groups excluding tert-OH is 1. The number of nitrogens with one attached hydrogen (secondary N) is 1. The monoisotopic (exact) mass is 293 g/mol. The summed E-state index contributed by atoms with van der Waals surface area (Å²) in [6, 6.07) is 9.89. The van der Waals surface area contributed by atoms with Crippen LogP contribution < -0.4 is 5.32 Å². The van der Waals surface area contributed by atoms with Crippen LogP contribution in [0.25, 0.3) is 0 Å². The minimum Gasteiger partial charge on any atom is -0.394 e. The summed E-state index contributed by atoms with van der Waals surface area (Å²) in [5.41, 5.74) is 2.40. The van der Waals surface area contributed by atoms with E-state index in [4.69, 9.17) is 11.6 Å². The van der Waals surface area contributed by atoms with Gasteiger partial charge in [-0.15, -0.1) is 0 Å². The summed E-state index contributed by atoms with van der Waals surface area (Å²) in [4.78, 5) is 0. The molecule has 1 atom stereocenters. The van der Waals surface area contributed by atoms with Gasteiger partial charge in [0.05, 0.1) is 17.8 Å². The smallest absolute Gasteiger partial charge is 0.131 e. The third-order valence-corrected chi connectivity index (χ3v) is 4.13. The molecule has 1 unspecified atom stereocenters. The van der Waals surface area contributed by atoms with Crippen molar-refractivity contribution in [3.63, 3.8) is 0 Å². The predicted molar refractivity (Wildman–Crippen MR) is 80.7 cm³/mol. The summed E-state index contributed by atoms with van der Waals surface area (Å²) >= 11 is 6.23. The Morgan fingerprint density at radius 3 is 2.50 bits per heavy atom. The zero-order valence-electron chi connectivity index (χ0n) is 12.0. The van der Waals surface area contributed by atoms with Gasteiger partial charge in [-0.05, 0) is 19.4 Å². The van der Waals surface area contributed by atoms with Crippen molar-refractivity contribution in [2.24, 2.45) is 7.05 Å². The van der Waals surface area contributed by atoms with Crippen LogP contribution in [-0.4, -0.2) is 21.5 Å². The molecule has 2 rings (SSSR count). The Morgan fingerprint density at radius 1 is 1.35 bits per heavy atom. The number of aromatic nitrogens is 2. The third-order valence-electron chi connectivity index (χ3n) is 3.65. The predicted octanol–water partition coefficient (Wildman–Crippen LogP) is 2.38. The van der Waals surface area contributed by atoms with Gasteiger partial charge in [0.1, 0.15) is 5.15 Å². The molecule has 0 fully saturated rings. The van der Waals surface area contributed by atoms with Crippen LogP contribution in [0, 0.1) is 6.92 Å². The molecule has 0 spiro atoms. The molecule has 2 N–H and O–H groups in total. The van der Waals surface area contributed by atoms with Crippen LogP contribution in [0.15, 0.2) is 30.3 Å². The first-order chi connectivity index (χ1) is 9.48. The highest BCUT2D eigenvalue weighted by molar-refractivity contribution is 6.30. The normalized spacial score (nSPS) is 14.2. The fraction of sp³-hybridized carbons (Fsp3) is 0.400. The van der Waals surface area contributed by atoms with E-state index in [1.807, 2.05) is 51.2 Å². The van der Waals surface area contributed by atoms with Crippen LogP contribution in [0.2, 0.25) is 5.15 Å². The fourth-order valence-electron chi connectivity index (χ4n) is 2.21. The van der Waals surface area contributed by atoms with Gasteiger partial charge in [0.25, 0.3) is 0 Å². The van der Waals surface area contributed by atoms with E-state index < -0.39 is 5.54 Å². The number of hydrogen-bond donors (Lipinski definition) is 2. The van der Waals surface area contributed by atoms with E-state index in [9.17, 15) is 5.11 Å². The van der Waals surface area contributed by atoms with E-state index in [1.54, 1.807) is 4.68 Å². The van der Waals surface area contributed by atoms with E-state index >= 15 is 0 Å². The number of nitrogens with zero attached hydrogens (tertiary/aromatic N) is 2. The molecule has 0 radical (unpaired) electrons. The zero-order chi connectivity index (χ0) is 14.8. The van der Waals surface area contributed by atoms with Crippen molar-refractivity contribution in [1.82, 2.24) is 15.1 Å². The Balaban J connectivity index is 2.19. The first kappa shape index (κ1) is 15.0. The number of aryl methyl sites for hydroxylation is 2. The lowest BCUT2D eigenvalue weighted by Crippen LogP contribution is -2.42. The maximum Gasteiger partial charge on any atom is 0.131 e. The standard InChI is InChI=1S/C15H20ClN3O/c1-11-13(14(16)19(3)18-11)9-17-15(2,10-20)12-7-5-4-6-8-12/h4-8,17,20H,9-10H2,1-3H3. The van der Waals surface area contributed by atoms with Gasteiger partial charge in [0.15, 0.2) is 0 Å². The number of halogens is 1. The molecule has 2 aromatic rings. The molecular formula is C15H20ClN3O. The lowest BCUT2D eigenvalue weighted by Gasteiger charge is -2.29. The van der Waals surface area contributed by atoms with Gasteiger partial charge in [0.2, 0.25) is 0 Å². The van der Waals surface area contributed by atoms with Crippen molar-refractivity contribution in [2.45, 2.75) is 25.9 Å². The average Bonchev–Trinajstić information content (AvgIpc) is 2.71. The molecular weight excluding hydrogens is 274 g/mol. The second-order valence-corrected chi connectivity index (χ2v) is 5.55. The summed E-state index contributed by atoms with van der Waals surface area (Å²) in [5, 5.41) is 18.0. The Labute approximate surface area is 124 Å². The maximum atomic E-state index is 9.74. The van der Waals surface area contributed by atoms with E-state index in [-0.39, 0.29) is 6.61 Å². The molecule has 0 aliphatic carbocycles. The van der Waals surface area contributed by atoms with Gasteiger partial charge in [-0.3, -0.25) is 4.68 Å². The molecule has 0 saturated heterocycles. The second-order valence-electron chi connectivity index (χ2n) is 5.19. The van der Waals surface area contributed by atoms with Crippen molar-refractivity contribution < 1.29 is 5.11 Å². The van der Waals surface area contributed by atoms with Crippen molar-refractivity contribution in [3.05, 3.63) is 52.3 Å². The molecule has 0 bridgehead atoms. The number of hydrogen-bond acceptors (Lipinski definition) is 3. The van der Waals surface area contributed by atoms with Gasteiger partial charge in [-0.25, -0.2) is 0 Å². The largest absolute Gasteiger partial charge is 0.394 e. The van der Waals surface area contributed by atoms with Gasteiger partial charge in [-0.2, -0.15) is 5.10 Å². The molecule has 108 valence electrons.